The molecule has 1 aliphatic rings. The molecule has 33 heavy (non-hydrogen) atoms. The number of phenols is 1. The number of benzene rings is 3. The molecule has 3 aromatic rings. The van der Waals surface area contributed by atoms with Gasteiger partial charge in [0, 0.05) is 0 Å². The van der Waals surface area contributed by atoms with Crippen LogP contribution >= 0.6 is 24.8 Å². The molecule has 0 amide bonds. The van der Waals surface area contributed by atoms with Crippen LogP contribution in [-0.4, -0.2) is 9.92 Å². The molecule has 0 saturated carbocycles. The Morgan fingerprint density at radius 1 is 0.818 bits per heavy atom. The zero-order valence-corrected chi connectivity index (χ0v) is 23.1. The van der Waals surface area contributed by atoms with Crippen LogP contribution in [0.15, 0.2) is 103 Å². The van der Waals surface area contributed by atoms with E-state index in [-0.39, 0.29) is 30.2 Å². The van der Waals surface area contributed by atoms with Crippen LogP contribution in [0.25, 0.3) is 0 Å². The van der Waals surface area contributed by atoms with E-state index in [1.165, 1.54) is 5.57 Å². The molecular weight excluding hydrogens is 483 g/mol. The largest absolute Gasteiger partial charge is 0.184 e. The van der Waals surface area contributed by atoms with E-state index in [0.717, 1.165) is 12.0 Å². The third kappa shape index (κ3) is 21.7. The van der Waals surface area contributed by atoms with E-state index in [1.54, 1.807) is 32.1 Å². The summed E-state index contributed by atoms with van der Waals surface area (Å²) in [6.45, 7) is 8.44. The molecule has 0 radical (unpaired) electrons. The minimum Gasteiger partial charge on any atom is -0.184 e. The number of rotatable bonds is 0. The van der Waals surface area contributed by atoms with E-state index < -0.39 is 0 Å². The fourth-order valence-corrected chi connectivity index (χ4v) is 2.17. The maximum Gasteiger partial charge on any atom is -0.171 e. The van der Waals surface area contributed by atoms with Gasteiger partial charge in [-0.2, -0.15) is 78.9 Å². The summed E-state index contributed by atoms with van der Waals surface area (Å²) in [7, 11) is 0. The van der Waals surface area contributed by atoms with Crippen molar-refractivity contribution in [3.63, 3.8) is 0 Å². The van der Waals surface area contributed by atoms with E-state index in [0.29, 0.717) is 5.75 Å². The Labute approximate surface area is 225 Å². The van der Waals surface area contributed by atoms with Gasteiger partial charge in [0.2, 0.25) is 0 Å². The van der Waals surface area contributed by atoms with Crippen molar-refractivity contribution in [3.8, 4) is 5.75 Å². The van der Waals surface area contributed by atoms with Crippen molar-refractivity contribution in [2.75, 3.05) is 0 Å². The fraction of sp³-hybridized carbons (Fsp3) is 0.207. The van der Waals surface area contributed by atoms with Crippen molar-refractivity contribution in [2.24, 2.45) is 0 Å². The van der Waals surface area contributed by atoms with E-state index in [9.17, 15) is 5.11 Å². The minimum atomic E-state index is 0. The van der Waals surface area contributed by atoms with Crippen LogP contribution in [0.4, 0.5) is 0 Å². The van der Waals surface area contributed by atoms with E-state index in [1.807, 2.05) is 72.8 Å². The second-order valence-electron chi connectivity index (χ2n) is 7.42. The van der Waals surface area contributed by atoms with Gasteiger partial charge in [-0.15, -0.1) is 31.2 Å². The van der Waals surface area contributed by atoms with Crippen LogP contribution in [0.2, 0.25) is 0 Å². The van der Waals surface area contributed by atoms with Crippen molar-refractivity contribution in [1.82, 2.24) is 0 Å². The number of phenolic OH excluding ortho intramolecular Hbond substituents is 1. The van der Waals surface area contributed by atoms with Crippen molar-refractivity contribution < 1.29 is 25.1 Å². The fourth-order valence-electron chi connectivity index (χ4n) is 2.17. The first kappa shape index (κ1) is 35.7. The van der Waals surface area contributed by atoms with Crippen LogP contribution in [-0.2, 0) is 25.4 Å². The van der Waals surface area contributed by atoms with Gasteiger partial charge in [-0.25, -0.2) is 11.6 Å². The van der Waals surface area contributed by atoms with Gasteiger partial charge in [-0.1, -0.05) is 39.8 Å². The number of hydrogen-bond donors (Lipinski definition) is 1. The number of aromatic hydroxyl groups is 1. The summed E-state index contributed by atoms with van der Waals surface area (Å²) in [5.74, 6) is 0.345. The zero-order chi connectivity index (χ0) is 23.4. The molecule has 0 spiro atoms. The maximum absolute atomic E-state index is 9.18. The summed E-state index contributed by atoms with van der Waals surface area (Å²) in [5.41, 5.74) is 2.56. The monoisotopic (exact) mass is 517 g/mol. The Morgan fingerprint density at radius 2 is 1.30 bits per heavy atom. The quantitative estimate of drug-likeness (QED) is 0.235. The van der Waals surface area contributed by atoms with Crippen LogP contribution in [0.5, 0.6) is 5.75 Å². The molecule has 0 heterocycles. The predicted octanol–water partition coefficient (Wildman–Crippen LogP) is 8.17. The number of halogens is 2. The van der Waals surface area contributed by atoms with Gasteiger partial charge < -0.3 is 5.11 Å². The summed E-state index contributed by atoms with van der Waals surface area (Å²) in [6.07, 6.45) is 8.33. The van der Waals surface area contributed by atoms with Crippen LogP contribution in [0.3, 0.4) is 0 Å². The molecule has 0 aliphatic heterocycles. The van der Waals surface area contributed by atoms with Gasteiger partial charge in [-0.05, 0) is 23.1 Å². The molecule has 0 fully saturated rings. The molecule has 3 aromatic carbocycles. The Kier molecular flexibility index (Phi) is 25.2. The average Bonchev–Trinajstić information content (AvgIpc) is 3.29. The summed E-state index contributed by atoms with van der Waals surface area (Å²) in [6, 6.07) is 32.4. The van der Waals surface area contributed by atoms with E-state index >= 15 is 0 Å². The summed E-state index contributed by atoms with van der Waals surface area (Å²) >= 11 is 1.75. The number of hydrogen-bond acceptors (Lipinski definition) is 1. The molecule has 1 nitrogen and oxygen atoms in total. The van der Waals surface area contributed by atoms with Crippen LogP contribution in [0, 0.1) is 18.2 Å². The first-order chi connectivity index (χ1) is 14.9. The van der Waals surface area contributed by atoms with Gasteiger partial charge in [0.25, 0.3) is 0 Å². The molecule has 0 bridgehead atoms. The Balaban J connectivity index is -0.000000360. The van der Waals surface area contributed by atoms with Gasteiger partial charge in [0.1, 0.15) is 5.75 Å². The van der Waals surface area contributed by atoms with Crippen molar-refractivity contribution in [2.45, 2.75) is 39.5 Å². The first-order valence-electron chi connectivity index (χ1n) is 10.1. The molecule has 0 saturated heterocycles. The minimum absolute atomic E-state index is 0. The Hall–Kier alpha value is -1.90. The second-order valence-corrected chi connectivity index (χ2v) is 7.42. The van der Waals surface area contributed by atoms with Crippen molar-refractivity contribution >= 4 is 29.6 Å². The van der Waals surface area contributed by atoms with Crippen LogP contribution < -0.4 is 0 Å². The first-order valence-corrected chi connectivity index (χ1v) is 11.2. The molecule has 4 heteroatoms. The molecule has 0 unspecified atom stereocenters. The van der Waals surface area contributed by atoms with Crippen molar-refractivity contribution in [3.05, 3.63) is 126 Å². The van der Waals surface area contributed by atoms with E-state index in [4.69, 9.17) is 0 Å². The van der Waals surface area contributed by atoms with Gasteiger partial charge >= 0.3 is 24.8 Å². The second kappa shape index (κ2) is 23.3. The Morgan fingerprint density at radius 3 is 1.48 bits per heavy atom. The predicted molar refractivity (Wildman–Crippen MR) is 145 cm³/mol. The van der Waals surface area contributed by atoms with Gasteiger partial charge in [0.15, 0.2) is 0 Å². The smallest absolute Gasteiger partial charge is 0.171 e. The molecular formula is C29H35Cl2OTi-3. The Bertz CT molecular complexity index is 770. The summed E-state index contributed by atoms with van der Waals surface area (Å²) < 4.78 is 0. The third-order valence-corrected chi connectivity index (χ3v) is 3.79. The van der Waals surface area contributed by atoms with Gasteiger partial charge in [0.05, 0.1) is 0 Å². The average molecular weight is 518 g/mol. The maximum atomic E-state index is 9.18. The standard InChI is InChI=1S/C10H14O.C6H7.2C6H5.CH2.2ClH.Ti/c1-10(2,3)8-5-4-6-9(11)7-8;1-6-4-2-3-5-6;2*1-2-4-6-5-3-1;;;;/h4-7,11H,1-3H3;2,4H,3H2,1H3;2*1-5H;1H2;2*1H;/q;3*-1;;;;. The summed E-state index contributed by atoms with van der Waals surface area (Å²) in [4.78, 5) is 3.25. The molecule has 4 rings (SSSR count). The molecule has 1 N–H and O–H groups in total. The van der Waals surface area contributed by atoms with E-state index in [2.05, 4.69) is 62.9 Å². The molecule has 0 atom stereocenters. The van der Waals surface area contributed by atoms with Gasteiger partial charge in [-0.3, -0.25) is 6.08 Å². The topological polar surface area (TPSA) is 20.2 Å². The normalized spacial score (nSPS) is 10.2. The van der Waals surface area contributed by atoms with Crippen LogP contribution in [0.1, 0.15) is 39.7 Å². The third-order valence-electron chi connectivity index (χ3n) is 3.79. The molecule has 178 valence electrons. The number of allylic oxidation sites excluding steroid dienone is 4. The molecule has 0 aromatic heterocycles. The summed E-state index contributed by atoms with van der Waals surface area (Å²) in [5, 5.41) is 9.18. The molecule has 1 aliphatic carbocycles. The van der Waals surface area contributed by atoms with Crippen molar-refractivity contribution in [1.29, 1.82) is 0 Å². The SMILES string of the molecule is CC(C)(C)c1cccc(O)c1.CC1=[C-]CC=C1.Cl.Cl.[CH2]=[Ti].[c-]1ccccc1.[c-]1ccccc1. The zero-order valence-electron chi connectivity index (χ0n) is 19.9.